The Balaban J connectivity index is 1.93. The molecule has 8 heteroatoms. The lowest BCUT2D eigenvalue weighted by Gasteiger charge is -2.43. The first kappa shape index (κ1) is 32.8. The van der Waals surface area contributed by atoms with Gasteiger partial charge in [-0.1, -0.05) is 39.5 Å². The molecule has 1 aromatic heterocycles. The number of carbonyl (C=O) groups excluding carboxylic acids is 1. The van der Waals surface area contributed by atoms with Crippen molar-refractivity contribution in [2.24, 2.45) is 17.3 Å². The number of hydrogen-bond acceptors (Lipinski definition) is 5. The average molecular weight is 590 g/mol. The van der Waals surface area contributed by atoms with Crippen molar-refractivity contribution in [1.82, 2.24) is 0 Å². The van der Waals surface area contributed by atoms with E-state index in [1.54, 1.807) is 0 Å². The molecule has 2 aliphatic carbocycles. The van der Waals surface area contributed by atoms with Crippen molar-refractivity contribution in [2.45, 2.75) is 130 Å². The van der Waals surface area contributed by atoms with Crippen molar-refractivity contribution in [2.75, 3.05) is 11.5 Å². The van der Waals surface area contributed by atoms with E-state index in [1.165, 1.54) is 0 Å². The fraction of sp³-hybridized carbons (Fsp3) is 0.750. The molecule has 0 radical (unpaired) electrons. The van der Waals surface area contributed by atoms with Crippen molar-refractivity contribution in [3.63, 3.8) is 0 Å². The largest absolute Gasteiger partial charge is 0.477 e. The fourth-order valence-corrected chi connectivity index (χ4v) is 7.83. The van der Waals surface area contributed by atoms with Gasteiger partial charge in [0.15, 0.2) is 8.32 Å². The van der Waals surface area contributed by atoms with Crippen LogP contribution in [0.3, 0.4) is 0 Å². The summed E-state index contributed by atoms with van der Waals surface area (Å²) < 4.78 is 6.72. The molecule has 40 heavy (non-hydrogen) atoms. The van der Waals surface area contributed by atoms with Crippen LogP contribution >= 0.6 is 11.3 Å². The van der Waals surface area contributed by atoms with E-state index < -0.39 is 14.3 Å². The monoisotopic (exact) mass is 589 g/mol. The van der Waals surface area contributed by atoms with E-state index >= 15 is 0 Å². The Morgan fingerprint density at radius 2 is 1.65 bits per heavy atom. The smallest absolute Gasteiger partial charge is 0.348 e. The van der Waals surface area contributed by atoms with Gasteiger partial charge in [0, 0.05) is 30.1 Å². The molecule has 6 nitrogen and oxygen atoms in total. The molecule has 3 rings (SSSR count). The molecule has 1 aromatic rings. The van der Waals surface area contributed by atoms with Gasteiger partial charge >= 0.3 is 5.97 Å². The SMILES string of the molecule is CC(C)(C#Cc1cc(N(C(=O)[C@H]2CC[C@H](C)CC2)[C@H]2CC[C@H](O[Si](C)(C)C(C)(C)C)CC2)c(C(=O)O)s1)CCO. The van der Waals surface area contributed by atoms with Crippen LogP contribution in [0.25, 0.3) is 0 Å². The summed E-state index contributed by atoms with van der Waals surface area (Å²) >= 11 is 1.15. The van der Waals surface area contributed by atoms with Gasteiger partial charge in [0.25, 0.3) is 0 Å². The number of carboxylic acid groups (broad SMARTS) is 1. The van der Waals surface area contributed by atoms with Crippen molar-refractivity contribution in [1.29, 1.82) is 0 Å². The molecule has 0 saturated heterocycles. The van der Waals surface area contributed by atoms with Gasteiger partial charge in [-0.2, -0.15) is 0 Å². The highest BCUT2D eigenvalue weighted by Crippen LogP contribution is 2.42. The minimum Gasteiger partial charge on any atom is -0.477 e. The number of aromatic carboxylic acids is 1. The van der Waals surface area contributed by atoms with Crippen LogP contribution in [-0.2, 0) is 9.22 Å². The maximum Gasteiger partial charge on any atom is 0.348 e. The zero-order valence-electron chi connectivity index (χ0n) is 25.9. The Labute approximate surface area is 247 Å². The van der Waals surface area contributed by atoms with E-state index in [2.05, 4.69) is 52.6 Å². The van der Waals surface area contributed by atoms with Gasteiger partial charge in [-0.25, -0.2) is 4.79 Å². The number of anilines is 1. The molecule has 1 amide bonds. The lowest BCUT2D eigenvalue weighted by atomic mass is 9.81. The fourth-order valence-electron chi connectivity index (χ4n) is 5.56. The first-order valence-electron chi connectivity index (χ1n) is 15.1. The molecule has 2 aliphatic rings. The second kappa shape index (κ2) is 13.1. The predicted molar refractivity (Wildman–Crippen MR) is 167 cm³/mol. The first-order chi connectivity index (χ1) is 18.5. The van der Waals surface area contributed by atoms with Crippen LogP contribution in [0.5, 0.6) is 0 Å². The number of aliphatic hydroxyl groups is 1. The van der Waals surface area contributed by atoms with Gasteiger partial charge < -0.3 is 19.5 Å². The highest BCUT2D eigenvalue weighted by molar-refractivity contribution is 7.15. The van der Waals surface area contributed by atoms with E-state index in [0.29, 0.717) is 22.9 Å². The molecular formula is C32H51NO5SSi. The lowest BCUT2D eigenvalue weighted by Crippen LogP contribution is -2.49. The van der Waals surface area contributed by atoms with Crippen molar-refractivity contribution >= 4 is 37.2 Å². The van der Waals surface area contributed by atoms with Crippen LogP contribution in [0.1, 0.15) is 114 Å². The average Bonchev–Trinajstić information content (AvgIpc) is 3.28. The Morgan fingerprint density at radius 1 is 1.05 bits per heavy atom. The number of amides is 1. The molecule has 0 spiro atoms. The zero-order chi connectivity index (χ0) is 29.9. The van der Waals surface area contributed by atoms with E-state index in [-0.39, 0.29) is 45.9 Å². The third-order valence-electron chi connectivity index (χ3n) is 9.31. The maximum atomic E-state index is 14.2. The molecule has 0 atom stereocenters. The molecular weight excluding hydrogens is 539 g/mol. The molecule has 0 aliphatic heterocycles. The number of carbonyl (C=O) groups is 2. The number of thiophene rings is 1. The van der Waals surface area contributed by atoms with Crippen molar-refractivity contribution < 1.29 is 24.2 Å². The number of aliphatic hydroxyl groups excluding tert-OH is 1. The normalized spacial score (nSPS) is 24.2. The minimum absolute atomic E-state index is 0.0435. The predicted octanol–water partition coefficient (Wildman–Crippen LogP) is 7.70. The van der Waals surface area contributed by atoms with E-state index in [9.17, 15) is 19.8 Å². The Kier molecular flexibility index (Phi) is 10.8. The van der Waals surface area contributed by atoms with Gasteiger partial charge in [0.1, 0.15) is 4.88 Å². The van der Waals surface area contributed by atoms with E-state index in [4.69, 9.17) is 4.43 Å². The minimum atomic E-state index is -1.90. The Hall–Kier alpha value is -1.66. The molecule has 2 N–H and O–H groups in total. The van der Waals surface area contributed by atoms with Crippen molar-refractivity contribution in [3.8, 4) is 11.8 Å². The Bertz CT molecular complexity index is 1090. The van der Waals surface area contributed by atoms with E-state index in [1.807, 2.05) is 24.8 Å². The van der Waals surface area contributed by atoms with Gasteiger partial charge in [0.05, 0.1) is 10.6 Å². The second-order valence-corrected chi connectivity index (χ2v) is 20.0. The summed E-state index contributed by atoms with van der Waals surface area (Å²) in [6.45, 7) is 17.6. The highest BCUT2D eigenvalue weighted by atomic mass is 32.1. The number of nitrogens with zero attached hydrogens (tertiary/aromatic N) is 1. The molecule has 0 bridgehead atoms. The van der Waals surface area contributed by atoms with Gasteiger partial charge in [-0.05, 0) is 102 Å². The Morgan fingerprint density at radius 3 is 2.17 bits per heavy atom. The lowest BCUT2D eigenvalue weighted by molar-refractivity contribution is -0.124. The van der Waals surface area contributed by atoms with Gasteiger partial charge in [0.2, 0.25) is 5.91 Å². The third-order valence-corrected chi connectivity index (χ3v) is 14.9. The van der Waals surface area contributed by atoms with E-state index in [0.717, 1.165) is 62.7 Å². The van der Waals surface area contributed by atoms with Crippen LogP contribution in [-0.4, -0.2) is 49.2 Å². The van der Waals surface area contributed by atoms with Crippen LogP contribution in [0.4, 0.5) is 5.69 Å². The third kappa shape index (κ3) is 8.21. The highest BCUT2D eigenvalue weighted by Gasteiger charge is 2.42. The molecule has 2 saturated carbocycles. The second-order valence-electron chi connectivity index (χ2n) is 14.2. The summed E-state index contributed by atoms with van der Waals surface area (Å²) in [5, 5.41) is 19.7. The summed E-state index contributed by atoms with van der Waals surface area (Å²) in [7, 11) is -1.90. The zero-order valence-corrected chi connectivity index (χ0v) is 27.7. The summed E-state index contributed by atoms with van der Waals surface area (Å²) in [6.07, 6.45) is 7.84. The number of hydrogen-bond donors (Lipinski definition) is 2. The van der Waals surface area contributed by atoms with Crippen LogP contribution in [0, 0.1) is 29.1 Å². The van der Waals surface area contributed by atoms with Gasteiger partial charge in [-0.15, -0.1) is 11.3 Å². The first-order valence-corrected chi connectivity index (χ1v) is 18.8. The van der Waals surface area contributed by atoms with Crippen LogP contribution in [0.2, 0.25) is 18.1 Å². The number of carboxylic acids is 1. The standard InChI is InChI=1S/C32H51NO5SSi/c1-22-9-11-23(12-10-22)29(35)33(24-13-15-25(16-14-24)38-40(7,8)31(2,3)4)27-21-26(39-28(27)30(36)37)17-18-32(5,6)19-20-34/h21-25,34H,9-16,19-20H2,1-8H3,(H,36,37)/t22-,23-,24-,25-. The van der Waals surface area contributed by atoms with Crippen LogP contribution < -0.4 is 4.90 Å². The molecule has 224 valence electrons. The quantitative estimate of drug-likeness (QED) is 0.240. The molecule has 0 aromatic carbocycles. The summed E-state index contributed by atoms with van der Waals surface area (Å²) in [5.41, 5.74) is 0.109. The molecule has 1 heterocycles. The maximum absolute atomic E-state index is 14.2. The molecule has 2 fully saturated rings. The molecule has 0 unspecified atom stereocenters. The van der Waals surface area contributed by atoms with Crippen molar-refractivity contribution in [3.05, 3.63) is 15.8 Å². The topological polar surface area (TPSA) is 87.1 Å². The van der Waals surface area contributed by atoms with Crippen LogP contribution in [0.15, 0.2) is 6.07 Å². The summed E-state index contributed by atoms with van der Waals surface area (Å²) in [6, 6.07) is 1.77. The summed E-state index contributed by atoms with van der Waals surface area (Å²) in [5.74, 6) is 5.96. The number of rotatable bonds is 8. The van der Waals surface area contributed by atoms with Gasteiger partial charge in [-0.3, -0.25) is 4.79 Å². The summed E-state index contributed by atoms with van der Waals surface area (Å²) in [4.78, 5) is 29.3.